The Kier molecular flexibility index (Phi) is 6.12. The summed E-state index contributed by atoms with van der Waals surface area (Å²) in [6, 6.07) is 31.8. The molecule has 0 bridgehead atoms. The van der Waals surface area contributed by atoms with Gasteiger partial charge in [0.05, 0.1) is 9.67 Å². The van der Waals surface area contributed by atoms with Crippen LogP contribution in [0.3, 0.4) is 0 Å². The highest BCUT2D eigenvalue weighted by Gasteiger charge is 2.62. The summed E-state index contributed by atoms with van der Waals surface area (Å²) in [5.41, 5.74) is 6.80. The first kappa shape index (κ1) is 25.4. The third-order valence-corrected chi connectivity index (χ3v) is 10.6. The van der Waals surface area contributed by atoms with Crippen molar-refractivity contribution in [2.24, 2.45) is 5.10 Å². The highest BCUT2D eigenvalue weighted by atomic mass is 32.2. The van der Waals surface area contributed by atoms with E-state index in [1.807, 2.05) is 12.1 Å². The highest BCUT2D eigenvalue weighted by Crippen LogP contribution is 2.71. The third kappa shape index (κ3) is 3.89. The molecule has 0 aliphatic carbocycles. The van der Waals surface area contributed by atoms with Gasteiger partial charge in [-0.2, -0.15) is 5.10 Å². The fourth-order valence-electron chi connectivity index (χ4n) is 5.29. The summed E-state index contributed by atoms with van der Waals surface area (Å²) in [5.74, 6) is -0.179. The molecule has 8 heteroatoms. The summed E-state index contributed by atoms with van der Waals surface area (Å²) < 4.78 is -1.62. The first-order chi connectivity index (χ1) is 18.8. The van der Waals surface area contributed by atoms with Crippen LogP contribution in [0.2, 0.25) is 0 Å². The van der Waals surface area contributed by atoms with Gasteiger partial charge in [-0.25, -0.2) is 5.01 Å². The Morgan fingerprint density at radius 3 is 1.92 bits per heavy atom. The highest BCUT2D eigenvalue weighted by molar-refractivity contribution is 8.27. The minimum atomic E-state index is -0.959. The standard InChI is InChI=1S/C31H25N3O3S2/c1-20-12-16-23(17-13-20)30(24-18-14-21(2)15-19-24)25-8-4-5-9-26(25)31(39-30)33(32-29(38-31)22(3)35)27-10-6-7-11-28(27)34(36)37/h4-19H,1-3H3/t31-/m1/s1. The molecule has 6 nitrogen and oxygen atoms in total. The number of carbonyl (C=O) groups excluding carboxylic acids is 1. The molecule has 0 unspecified atom stereocenters. The molecule has 2 aliphatic heterocycles. The lowest BCUT2D eigenvalue weighted by atomic mass is 9.81. The zero-order valence-electron chi connectivity index (χ0n) is 21.6. The second kappa shape index (κ2) is 9.39. The van der Waals surface area contributed by atoms with Gasteiger partial charge in [-0.15, -0.1) is 0 Å². The number of Topliss-reactive ketones (excluding diaryl/α,β-unsaturated/α-hetero) is 1. The van der Waals surface area contributed by atoms with Crippen molar-refractivity contribution in [3.05, 3.63) is 141 Å². The molecule has 0 amide bonds. The molecule has 4 aromatic carbocycles. The number of benzene rings is 4. The Labute approximate surface area is 235 Å². The lowest BCUT2D eigenvalue weighted by Crippen LogP contribution is -2.34. The molecule has 6 rings (SSSR count). The molecule has 0 aromatic heterocycles. The topological polar surface area (TPSA) is 75.8 Å². The van der Waals surface area contributed by atoms with E-state index in [1.54, 1.807) is 35.0 Å². The van der Waals surface area contributed by atoms with Crippen LogP contribution in [0.4, 0.5) is 11.4 Å². The number of para-hydroxylation sites is 2. The largest absolute Gasteiger partial charge is 0.294 e. The second-order valence-corrected chi connectivity index (χ2v) is 12.6. The van der Waals surface area contributed by atoms with Gasteiger partial charge < -0.3 is 0 Å². The molecule has 0 fully saturated rings. The fourth-order valence-corrected chi connectivity index (χ4v) is 8.84. The average molecular weight is 552 g/mol. The molecule has 0 N–H and O–H groups in total. The molecular weight excluding hydrogens is 526 g/mol. The van der Waals surface area contributed by atoms with Crippen LogP contribution in [0.15, 0.2) is 102 Å². The lowest BCUT2D eigenvalue weighted by Gasteiger charge is -2.37. The van der Waals surface area contributed by atoms with Crippen LogP contribution in [0.1, 0.15) is 40.3 Å². The Morgan fingerprint density at radius 1 is 0.821 bits per heavy atom. The smallest absolute Gasteiger partial charge is 0.292 e. The van der Waals surface area contributed by atoms with Crippen LogP contribution in [0.25, 0.3) is 0 Å². The zero-order chi connectivity index (χ0) is 27.4. The van der Waals surface area contributed by atoms with Crippen LogP contribution in [0, 0.1) is 24.0 Å². The molecule has 0 radical (unpaired) electrons. The number of aryl methyl sites for hydroxylation is 2. The first-order valence-corrected chi connectivity index (χ1v) is 14.2. The number of nitro groups is 1. The van der Waals surface area contributed by atoms with Crippen molar-refractivity contribution in [3.8, 4) is 0 Å². The quantitative estimate of drug-likeness (QED) is 0.189. The Hall–Kier alpha value is -3.88. The number of hydrazone groups is 1. The van der Waals surface area contributed by atoms with Gasteiger partial charge in [0.1, 0.15) is 5.69 Å². The number of anilines is 1. The number of fused-ring (bicyclic) bond motifs is 2. The Balaban J connectivity index is 1.67. The summed E-state index contributed by atoms with van der Waals surface area (Å²) in [4.78, 5) is 24.5. The van der Waals surface area contributed by atoms with E-state index in [0.717, 1.165) is 33.4 Å². The molecule has 2 aliphatic rings. The Bertz CT molecular complexity index is 1610. The maximum Gasteiger partial charge on any atom is 0.294 e. The maximum atomic E-state index is 12.7. The monoisotopic (exact) mass is 551 g/mol. The van der Waals surface area contributed by atoms with E-state index in [0.29, 0.717) is 10.7 Å². The summed E-state index contributed by atoms with van der Waals surface area (Å²) >= 11 is 3.02. The normalized spacial score (nSPS) is 19.2. The molecule has 0 saturated carbocycles. The molecule has 1 spiro atoms. The molecule has 2 heterocycles. The number of nitro benzene ring substituents is 1. The number of ketones is 1. The van der Waals surface area contributed by atoms with Crippen molar-refractivity contribution in [2.75, 3.05) is 5.01 Å². The van der Waals surface area contributed by atoms with Crippen LogP contribution in [0.5, 0.6) is 0 Å². The van der Waals surface area contributed by atoms with Gasteiger partial charge >= 0.3 is 0 Å². The minimum Gasteiger partial charge on any atom is -0.292 e. The zero-order valence-corrected chi connectivity index (χ0v) is 23.3. The van der Waals surface area contributed by atoms with Crippen molar-refractivity contribution in [1.29, 1.82) is 0 Å². The van der Waals surface area contributed by atoms with Crippen LogP contribution in [-0.4, -0.2) is 15.8 Å². The minimum absolute atomic E-state index is 0.0627. The van der Waals surface area contributed by atoms with Gasteiger partial charge in [-0.05, 0) is 36.6 Å². The van der Waals surface area contributed by atoms with Crippen molar-refractivity contribution in [3.63, 3.8) is 0 Å². The molecule has 4 aromatic rings. The van der Waals surface area contributed by atoms with E-state index < -0.39 is 13.9 Å². The number of carbonyl (C=O) groups is 1. The van der Waals surface area contributed by atoms with Gasteiger partial charge in [0.2, 0.25) is 0 Å². The molecular formula is C31H25N3O3S2. The maximum absolute atomic E-state index is 12.7. The van der Waals surface area contributed by atoms with Gasteiger partial charge in [0.15, 0.2) is 15.0 Å². The SMILES string of the molecule is CC(=O)C1=NN(c2ccccc2[N+](=O)[O-])[C@]2(S1)SC(c1ccc(C)cc1)(c1ccc(C)cc1)c1ccccc12. The number of rotatable bonds is 5. The van der Waals surface area contributed by atoms with E-state index in [-0.39, 0.29) is 11.5 Å². The van der Waals surface area contributed by atoms with Crippen molar-refractivity contribution < 1.29 is 9.72 Å². The molecule has 194 valence electrons. The van der Waals surface area contributed by atoms with Crippen LogP contribution >= 0.6 is 23.5 Å². The predicted molar refractivity (Wildman–Crippen MR) is 159 cm³/mol. The third-order valence-electron chi connectivity index (χ3n) is 7.17. The fraction of sp³-hybridized carbons (Fsp3) is 0.161. The number of thioether (sulfide) groups is 2. The van der Waals surface area contributed by atoms with E-state index in [1.165, 1.54) is 24.8 Å². The van der Waals surface area contributed by atoms with Crippen molar-refractivity contribution >= 4 is 45.7 Å². The average Bonchev–Trinajstić information content (AvgIpc) is 3.47. The van der Waals surface area contributed by atoms with Crippen LogP contribution < -0.4 is 5.01 Å². The van der Waals surface area contributed by atoms with E-state index in [2.05, 4.69) is 74.5 Å². The van der Waals surface area contributed by atoms with E-state index >= 15 is 0 Å². The van der Waals surface area contributed by atoms with E-state index in [9.17, 15) is 14.9 Å². The number of hydrogen-bond donors (Lipinski definition) is 0. The Morgan fingerprint density at radius 2 is 1.36 bits per heavy atom. The molecule has 0 saturated heterocycles. The predicted octanol–water partition coefficient (Wildman–Crippen LogP) is 7.52. The summed E-state index contributed by atoms with van der Waals surface area (Å²) in [5, 5.41) is 18.9. The van der Waals surface area contributed by atoms with Gasteiger partial charge in [-0.3, -0.25) is 14.9 Å². The number of nitrogens with zero attached hydrogens (tertiary/aromatic N) is 3. The molecule has 39 heavy (non-hydrogen) atoms. The van der Waals surface area contributed by atoms with E-state index in [4.69, 9.17) is 5.10 Å². The second-order valence-electron chi connectivity index (χ2n) is 9.76. The summed E-state index contributed by atoms with van der Waals surface area (Å²) in [7, 11) is 0. The summed E-state index contributed by atoms with van der Waals surface area (Å²) in [6.07, 6.45) is 0. The molecule has 1 atom stereocenters. The lowest BCUT2D eigenvalue weighted by molar-refractivity contribution is -0.384. The van der Waals surface area contributed by atoms with Crippen molar-refractivity contribution in [1.82, 2.24) is 0 Å². The van der Waals surface area contributed by atoms with Gasteiger partial charge in [0, 0.05) is 18.6 Å². The van der Waals surface area contributed by atoms with Gasteiger partial charge in [0.25, 0.3) is 5.69 Å². The van der Waals surface area contributed by atoms with Gasteiger partial charge in [-0.1, -0.05) is 120 Å². The van der Waals surface area contributed by atoms with Crippen LogP contribution in [-0.2, 0) is 13.7 Å². The number of hydrogen-bond acceptors (Lipinski definition) is 7. The summed E-state index contributed by atoms with van der Waals surface area (Å²) in [6.45, 7) is 5.62. The first-order valence-electron chi connectivity index (χ1n) is 12.5. The van der Waals surface area contributed by atoms with Crippen molar-refractivity contribution in [2.45, 2.75) is 29.7 Å².